The zero-order valence-electron chi connectivity index (χ0n) is 11.8. The third kappa shape index (κ3) is 2.97. The van der Waals surface area contributed by atoms with E-state index in [9.17, 15) is 9.59 Å². The quantitative estimate of drug-likeness (QED) is 0.837. The molecule has 0 aliphatic rings. The minimum Gasteiger partial charge on any atom is -0.464 e. The number of aromatic nitrogens is 4. The van der Waals surface area contributed by atoms with Gasteiger partial charge < -0.3 is 10.1 Å². The number of anilines is 1. The number of ether oxygens (including phenoxy) is 1. The Balaban J connectivity index is 2.28. The van der Waals surface area contributed by atoms with Gasteiger partial charge in [-0.1, -0.05) is 0 Å². The van der Waals surface area contributed by atoms with Crippen LogP contribution in [0, 0.1) is 0 Å². The minimum absolute atomic E-state index is 0.164. The normalized spacial score (nSPS) is 10.5. The highest BCUT2D eigenvalue weighted by atomic mass is 79.9. The third-order valence-electron chi connectivity index (χ3n) is 2.82. The van der Waals surface area contributed by atoms with Gasteiger partial charge in [0.15, 0.2) is 11.4 Å². The largest absolute Gasteiger partial charge is 0.464 e. The number of halogens is 1. The number of methoxy groups -OCH3 is 1. The van der Waals surface area contributed by atoms with E-state index in [4.69, 9.17) is 0 Å². The molecule has 0 fully saturated rings. The van der Waals surface area contributed by atoms with E-state index < -0.39 is 11.9 Å². The lowest BCUT2D eigenvalue weighted by Gasteiger charge is -2.05. The number of aryl methyl sites for hydroxylation is 2. The summed E-state index contributed by atoms with van der Waals surface area (Å²) in [5.41, 5.74) is 0.667. The summed E-state index contributed by atoms with van der Waals surface area (Å²) in [5, 5.41) is 10.7. The van der Waals surface area contributed by atoms with Crippen LogP contribution in [0.4, 0.5) is 5.69 Å². The molecule has 0 radical (unpaired) electrons. The molecule has 21 heavy (non-hydrogen) atoms. The van der Waals surface area contributed by atoms with Gasteiger partial charge >= 0.3 is 5.97 Å². The molecule has 2 heterocycles. The number of esters is 1. The van der Waals surface area contributed by atoms with Gasteiger partial charge in [0.05, 0.1) is 23.5 Å². The molecular formula is C12H14BrN5O3. The molecule has 2 aromatic rings. The Kier molecular flexibility index (Phi) is 4.41. The van der Waals surface area contributed by atoms with Gasteiger partial charge in [-0.3, -0.25) is 14.2 Å². The van der Waals surface area contributed by atoms with Crippen LogP contribution in [0.3, 0.4) is 0 Å². The summed E-state index contributed by atoms with van der Waals surface area (Å²) in [6.45, 7) is 2.56. The highest BCUT2D eigenvalue weighted by Gasteiger charge is 2.22. The molecule has 1 N–H and O–H groups in total. The first-order valence-corrected chi connectivity index (χ1v) is 6.91. The van der Waals surface area contributed by atoms with Crippen LogP contribution in [0.5, 0.6) is 0 Å². The van der Waals surface area contributed by atoms with Crippen molar-refractivity contribution in [2.24, 2.45) is 7.05 Å². The van der Waals surface area contributed by atoms with Gasteiger partial charge in [0.2, 0.25) is 0 Å². The Morgan fingerprint density at radius 3 is 2.76 bits per heavy atom. The molecule has 2 rings (SSSR count). The lowest BCUT2D eigenvalue weighted by atomic mass is 10.3. The van der Waals surface area contributed by atoms with E-state index in [-0.39, 0.29) is 17.1 Å². The summed E-state index contributed by atoms with van der Waals surface area (Å²) in [6.07, 6.45) is 3.09. The number of carbonyl (C=O) groups is 2. The number of carbonyl (C=O) groups excluding carboxylic acids is 2. The average molecular weight is 356 g/mol. The highest BCUT2D eigenvalue weighted by Crippen LogP contribution is 2.19. The molecule has 0 atom stereocenters. The van der Waals surface area contributed by atoms with E-state index in [2.05, 4.69) is 36.2 Å². The fourth-order valence-electron chi connectivity index (χ4n) is 1.76. The summed E-state index contributed by atoms with van der Waals surface area (Å²) < 4.78 is 8.21. The Morgan fingerprint density at radius 1 is 1.48 bits per heavy atom. The maximum atomic E-state index is 12.2. The average Bonchev–Trinajstić information content (AvgIpc) is 3.01. The van der Waals surface area contributed by atoms with Gasteiger partial charge in [0.25, 0.3) is 5.91 Å². The van der Waals surface area contributed by atoms with Gasteiger partial charge in [-0.25, -0.2) is 4.79 Å². The van der Waals surface area contributed by atoms with E-state index in [1.165, 1.54) is 18.0 Å². The zero-order valence-corrected chi connectivity index (χ0v) is 13.3. The molecule has 0 bridgehead atoms. The van der Waals surface area contributed by atoms with Gasteiger partial charge in [0, 0.05) is 19.8 Å². The van der Waals surface area contributed by atoms with E-state index in [1.807, 2.05) is 6.92 Å². The number of nitrogens with zero attached hydrogens (tertiary/aromatic N) is 4. The van der Waals surface area contributed by atoms with Gasteiger partial charge in [0.1, 0.15) is 0 Å². The van der Waals surface area contributed by atoms with Crippen LogP contribution in [0.25, 0.3) is 0 Å². The van der Waals surface area contributed by atoms with Crippen molar-refractivity contribution in [3.05, 3.63) is 28.3 Å². The first kappa shape index (κ1) is 15.2. The predicted molar refractivity (Wildman–Crippen MR) is 78.1 cm³/mol. The maximum Gasteiger partial charge on any atom is 0.358 e. The first-order chi connectivity index (χ1) is 9.97. The zero-order chi connectivity index (χ0) is 15.6. The SMILES string of the molecule is CCn1cc(Br)c(C(=O)Nc2cnn(C)c2C(=O)OC)n1. The number of nitrogens with one attached hydrogen (secondary N) is 1. The predicted octanol–water partition coefficient (Wildman–Crippen LogP) is 1.44. The molecule has 0 aliphatic heterocycles. The molecule has 0 spiro atoms. The summed E-state index contributed by atoms with van der Waals surface area (Å²) in [6, 6.07) is 0. The second-order valence-corrected chi connectivity index (χ2v) is 5.01. The Morgan fingerprint density at radius 2 is 2.19 bits per heavy atom. The van der Waals surface area contributed by atoms with Crippen molar-refractivity contribution in [3.63, 3.8) is 0 Å². The lowest BCUT2D eigenvalue weighted by Crippen LogP contribution is -2.17. The van der Waals surface area contributed by atoms with Crippen LogP contribution in [0.2, 0.25) is 0 Å². The van der Waals surface area contributed by atoms with Crippen molar-refractivity contribution >= 4 is 33.5 Å². The first-order valence-electron chi connectivity index (χ1n) is 6.12. The minimum atomic E-state index is -0.580. The topological polar surface area (TPSA) is 91.0 Å². The van der Waals surface area contributed by atoms with Crippen LogP contribution < -0.4 is 5.32 Å². The molecular weight excluding hydrogens is 342 g/mol. The molecule has 0 aromatic carbocycles. The fourth-order valence-corrected chi connectivity index (χ4v) is 2.26. The standard InChI is InChI=1S/C12H14BrN5O3/c1-4-18-6-7(13)9(16-18)11(19)15-8-5-14-17(2)10(8)12(20)21-3/h5-6H,4H2,1-3H3,(H,15,19). The Labute approximate surface area is 129 Å². The van der Waals surface area contributed by atoms with Gasteiger partial charge in [-0.2, -0.15) is 10.2 Å². The van der Waals surface area contributed by atoms with E-state index >= 15 is 0 Å². The molecule has 0 saturated carbocycles. The lowest BCUT2D eigenvalue weighted by molar-refractivity contribution is 0.0589. The smallest absolute Gasteiger partial charge is 0.358 e. The molecule has 1 amide bonds. The number of amides is 1. The highest BCUT2D eigenvalue weighted by molar-refractivity contribution is 9.10. The van der Waals surface area contributed by atoms with Crippen LogP contribution in [0.15, 0.2) is 16.9 Å². The molecule has 0 aliphatic carbocycles. The van der Waals surface area contributed by atoms with Crippen LogP contribution in [-0.4, -0.2) is 38.5 Å². The monoisotopic (exact) mass is 355 g/mol. The molecule has 2 aromatic heterocycles. The number of rotatable bonds is 4. The van der Waals surface area contributed by atoms with Crippen LogP contribution >= 0.6 is 15.9 Å². The van der Waals surface area contributed by atoms with Crippen molar-refractivity contribution < 1.29 is 14.3 Å². The Hall–Kier alpha value is -2.16. The maximum absolute atomic E-state index is 12.2. The third-order valence-corrected chi connectivity index (χ3v) is 3.40. The summed E-state index contributed by atoms with van der Waals surface area (Å²) >= 11 is 3.28. The van der Waals surface area contributed by atoms with Crippen LogP contribution in [0.1, 0.15) is 27.9 Å². The van der Waals surface area contributed by atoms with E-state index in [0.717, 1.165) is 0 Å². The van der Waals surface area contributed by atoms with E-state index in [0.29, 0.717) is 11.0 Å². The summed E-state index contributed by atoms with van der Waals surface area (Å²) in [7, 11) is 2.85. The molecule has 0 saturated heterocycles. The number of hydrogen-bond acceptors (Lipinski definition) is 5. The van der Waals surface area contributed by atoms with Gasteiger partial charge in [-0.05, 0) is 22.9 Å². The second-order valence-electron chi connectivity index (χ2n) is 4.16. The molecule has 8 nitrogen and oxygen atoms in total. The number of hydrogen-bond donors (Lipinski definition) is 1. The molecule has 9 heteroatoms. The second kappa shape index (κ2) is 6.08. The Bertz CT molecular complexity index is 691. The molecule has 112 valence electrons. The van der Waals surface area contributed by atoms with Crippen molar-refractivity contribution in [1.29, 1.82) is 0 Å². The fraction of sp³-hybridized carbons (Fsp3) is 0.333. The van der Waals surface area contributed by atoms with Crippen LogP contribution in [-0.2, 0) is 18.3 Å². The van der Waals surface area contributed by atoms with Crippen molar-refractivity contribution in [1.82, 2.24) is 19.6 Å². The van der Waals surface area contributed by atoms with Gasteiger partial charge in [-0.15, -0.1) is 0 Å². The summed E-state index contributed by atoms with van der Waals surface area (Å²) in [4.78, 5) is 23.9. The van der Waals surface area contributed by atoms with Crippen molar-refractivity contribution in [3.8, 4) is 0 Å². The van der Waals surface area contributed by atoms with Crippen molar-refractivity contribution in [2.45, 2.75) is 13.5 Å². The molecule has 0 unspecified atom stereocenters. The van der Waals surface area contributed by atoms with E-state index in [1.54, 1.807) is 17.9 Å². The summed E-state index contributed by atoms with van der Waals surface area (Å²) in [5.74, 6) is -1.02. The van der Waals surface area contributed by atoms with Crippen molar-refractivity contribution in [2.75, 3.05) is 12.4 Å².